The van der Waals surface area contributed by atoms with E-state index in [-0.39, 0.29) is 30.1 Å². The van der Waals surface area contributed by atoms with Crippen molar-refractivity contribution in [2.45, 2.75) is 57.0 Å². The first kappa shape index (κ1) is 19.2. The maximum Gasteiger partial charge on any atom is 0.254 e. The van der Waals surface area contributed by atoms with Crippen LogP contribution < -0.4 is 10.1 Å². The zero-order chi connectivity index (χ0) is 19.7. The van der Waals surface area contributed by atoms with Gasteiger partial charge in [-0.1, -0.05) is 6.07 Å². The summed E-state index contributed by atoms with van der Waals surface area (Å²) in [5, 5.41) is 2.87. The van der Waals surface area contributed by atoms with E-state index in [0.717, 1.165) is 37.0 Å². The van der Waals surface area contributed by atoms with Crippen molar-refractivity contribution in [3.8, 4) is 5.75 Å². The fourth-order valence-electron chi connectivity index (χ4n) is 4.34. The standard InChI is InChI=1S/C21H28N2O5/c1-13(26-2)20(24)22-11-16-12-23(17-4-3-5-18(17)28-16)21(25)15-7-6-14-8-9-27-19(14)10-15/h6-7,10,13,16-18H,3-5,8-9,11-12H2,1-2H3,(H,22,24)/t13?,16-,17+,18+/m1/s1. The second-order valence-electron chi connectivity index (χ2n) is 7.80. The van der Waals surface area contributed by atoms with Crippen molar-refractivity contribution in [2.75, 3.05) is 26.8 Å². The van der Waals surface area contributed by atoms with Gasteiger partial charge in [-0.25, -0.2) is 0 Å². The normalized spacial score (nSPS) is 26.9. The smallest absolute Gasteiger partial charge is 0.254 e. The molecule has 3 aliphatic rings. The Morgan fingerprint density at radius 3 is 3.04 bits per heavy atom. The van der Waals surface area contributed by atoms with Gasteiger partial charge in [0.1, 0.15) is 11.9 Å². The van der Waals surface area contributed by atoms with Crippen LogP contribution in [0.15, 0.2) is 18.2 Å². The number of morpholine rings is 1. The van der Waals surface area contributed by atoms with Gasteiger partial charge in [0.15, 0.2) is 0 Å². The van der Waals surface area contributed by atoms with E-state index in [4.69, 9.17) is 14.2 Å². The minimum absolute atomic E-state index is 0.0140. The van der Waals surface area contributed by atoms with Crippen LogP contribution in [0.25, 0.3) is 0 Å². The number of methoxy groups -OCH3 is 1. The number of amides is 2. The molecule has 1 saturated heterocycles. The number of rotatable bonds is 5. The van der Waals surface area contributed by atoms with E-state index in [2.05, 4.69) is 5.32 Å². The number of carbonyl (C=O) groups excluding carboxylic acids is 2. The first-order valence-corrected chi connectivity index (χ1v) is 10.1. The molecule has 28 heavy (non-hydrogen) atoms. The summed E-state index contributed by atoms with van der Waals surface area (Å²) < 4.78 is 16.9. The fraction of sp³-hybridized carbons (Fsp3) is 0.619. The van der Waals surface area contributed by atoms with Crippen LogP contribution in [-0.4, -0.2) is 67.9 Å². The zero-order valence-corrected chi connectivity index (χ0v) is 16.5. The molecule has 1 unspecified atom stereocenters. The lowest BCUT2D eigenvalue weighted by molar-refractivity contribution is -0.132. The van der Waals surface area contributed by atoms with Gasteiger partial charge in [0.25, 0.3) is 5.91 Å². The lowest BCUT2D eigenvalue weighted by Crippen LogP contribution is -2.57. The van der Waals surface area contributed by atoms with Gasteiger partial charge in [-0.15, -0.1) is 0 Å². The molecule has 2 amide bonds. The molecule has 152 valence electrons. The highest BCUT2D eigenvalue weighted by Gasteiger charge is 2.42. The van der Waals surface area contributed by atoms with Gasteiger partial charge in [0.05, 0.1) is 24.9 Å². The average molecular weight is 388 g/mol. The Morgan fingerprint density at radius 1 is 1.36 bits per heavy atom. The molecular formula is C21H28N2O5. The number of hydrogen-bond acceptors (Lipinski definition) is 5. The van der Waals surface area contributed by atoms with Crippen LogP contribution in [0.3, 0.4) is 0 Å². The molecule has 1 aromatic carbocycles. The van der Waals surface area contributed by atoms with Crippen LogP contribution in [-0.2, 0) is 20.7 Å². The van der Waals surface area contributed by atoms with Crippen LogP contribution in [0, 0.1) is 0 Å². The Hall–Kier alpha value is -2.12. The zero-order valence-electron chi connectivity index (χ0n) is 16.5. The summed E-state index contributed by atoms with van der Waals surface area (Å²) in [6.07, 6.45) is 3.15. The number of ether oxygens (including phenoxy) is 3. The number of nitrogens with zero attached hydrogens (tertiary/aromatic N) is 1. The predicted octanol–water partition coefficient (Wildman–Crippen LogP) is 1.53. The van der Waals surface area contributed by atoms with Gasteiger partial charge < -0.3 is 24.4 Å². The molecule has 1 aliphatic carbocycles. The molecule has 7 nitrogen and oxygen atoms in total. The van der Waals surface area contributed by atoms with E-state index in [1.807, 2.05) is 23.1 Å². The van der Waals surface area contributed by atoms with E-state index >= 15 is 0 Å². The number of hydrogen-bond donors (Lipinski definition) is 1. The summed E-state index contributed by atoms with van der Waals surface area (Å²) in [7, 11) is 1.51. The fourth-order valence-corrected chi connectivity index (χ4v) is 4.34. The van der Waals surface area contributed by atoms with E-state index in [1.165, 1.54) is 7.11 Å². The monoisotopic (exact) mass is 388 g/mol. The molecule has 0 aromatic heterocycles. The van der Waals surface area contributed by atoms with Crippen LogP contribution in [0.5, 0.6) is 5.75 Å². The minimum Gasteiger partial charge on any atom is -0.493 e. The van der Waals surface area contributed by atoms with Crippen LogP contribution >= 0.6 is 0 Å². The van der Waals surface area contributed by atoms with Crippen LogP contribution in [0.2, 0.25) is 0 Å². The molecule has 0 radical (unpaired) electrons. The summed E-state index contributed by atoms with van der Waals surface area (Å²) in [6, 6.07) is 5.85. The molecule has 1 saturated carbocycles. The van der Waals surface area contributed by atoms with E-state index in [0.29, 0.717) is 25.3 Å². The number of fused-ring (bicyclic) bond motifs is 2. The second-order valence-corrected chi connectivity index (χ2v) is 7.80. The molecule has 0 spiro atoms. The minimum atomic E-state index is -0.507. The molecule has 4 atom stereocenters. The van der Waals surface area contributed by atoms with Gasteiger partial charge in [0, 0.05) is 32.2 Å². The van der Waals surface area contributed by atoms with Gasteiger partial charge in [-0.05, 0) is 43.9 Å². The number of benzene rings is 1. The average Bonchev–Trinajstić information content (AvgIpc) is 3.38. The van der Waals surface area contributed by atoms with Crippen LogP contribution in [0.1, 0.15) is 42.1 Å². The second kappa shape index (κ2) is 8.09. The third-order valence-corrected chi connectivity index (χ3v) is 6.02. The van der Waals surface area contributed by atoms with Crippen molar-refractivity contribution >= 4 is 11.8 Å². The number of carbonyl (C=O) groups is 2. The van der Waals surface area contributed by atoms with Gasteiger partial charge in [-0.3, -0.25) is 9.59 Å². The lowest BCUT2D eigenvalue weighted by atomic mass is 10.0. The Labute approximate surface area is 165 Å². The third kappa shape index (κ3) is 3.73. The predicted molar refractivity (Wildman–Crippen MR) is 102 cm³/mol. The SMILES string of the molecule is COC(C)C(=O)NC[C@@H]1CN(C(=O)c2ccc3c(c2)OCC3)[C@H]2CCC[C@@H]2O1. The van der Waals surface area contributed by atoms with Crippen molar-refractivity contribution < 1.29 is 23.8 Å². The summed E-state index contributed by atoms with van der Waals surface area (Å²) in [5.74, 6) is 0.660. The third-order valence-electron chi connectivity index (χ3n) is 6.02. The number of nitrogens with one attached hydrogen (secondary N) is 1. The molecule has 1 aromatic rings. The molecule has 1 N–H and O–H groups in total. The van der Waals surface area contributed by atoms with Crippen molar-refractivity contribution in [3.63, 3.8) is 0 Å². The molecule has 2 fully saturated rings. The maximum atomic E-state index is 13.3. The highest BCUT2D eigenvalue weighted by Crippen LogP contribution is 2.34. The Kier molecular flexibility index (Phi) is 5.55. The molecule has 4 rings (SSSR count). The quantitative estimate of drug-likeness (QED) is 0.828. The van der Waals surface area contributed by atoms with E-state index in [9.17, 15) is 9.59 Å². The first-order chi connectivity index (χ1) is 13.6. The Balaban J connectivity index is 1.47. The Bertz CT molecular complexity index is 752. The lowest BCUT2D eigenvalue weighted by Gasteiger charge is -2.42. The molecule has 2 heterocycles. The molecular weight excluding hydrogens is 360 g/mol. The highest BCUT2D eigenvalue weighted by atomic mass is 16.5. The first-order valence-electron chi connectivity index (χ1n) is 10.1. The van der Waals surface area contributed by atoms with Gasteiger partial charge >= 0.3 is 0 Å². The largest absolute Gasteiger partial charge is 0.493 e. The van der Waals surface area contributed by atoms with Crippen molar-refractivity contribution in [1.82, 2.24) is 10.2 Å². The van der Waals surface area contributed by atoms with Crippen molar-refractivity contribution in [3.05, 3.63) is 29.3 Å². The highest BCUT2D eigenvalue weighted by molar-refractivity contribution is 5.95. The topological polar surface area (TPSA) is 77.1 Å². The summed E-state index contributed by atoms with van der Waals surface area (Å²) >= 11 is 0. The summed E-state index contributed by atoms with van der Waals surface area (Å²) in [6.45, 7) is 3.22. The van der Waals surface area contributed by atoms with Crippen molar-refractivity contribution in [1.29, 1.82) is 0 Å². The van der Waals surface area contributed by atoms with Crippen molar-refractivity contribution in [2.24, 2.45) is 0 Å². The van der Waals surface area contributed by atoms with Crippen LogP contribution in [0.4, 0.5) is 0 Å². The maximum absolute atomic E-state index is 13.3. The summed E-state index contributed by atoms with van der Waals surface area (Å²) in [4.78, 5) is 27.2. The molecule has 7 heteroatoms. The molecule has 2 aliphatic heterocycles. The van der Waals surface area contributed by atoms with Gasteiger partial charge in [-0.2, -0.15) is 0 Å². The summed E-state index contributed by atoms with van der Waals surface area (Å²) in [5.41, 5.74) is 1.81. The van der Waals surface area contributed by atoms with Gasteiger partial charge in [0.2, 0.25) is 5.91 Å². The molecule has 0 bridgehead atoms. The van der Waals surface area contributed by atoms with E-state index < -0.39 is 6.10 Å². The van der Waals surface area contributed by atoms with E-state index in [1.54, 1.807) is 6.92 Å². The Morgan fingerprint density at radius 2 is 2.21 bits per heavy atom.